The van der Waals surface area contributed by atoms with Crippen molar-refractivity contribution in [2.75, 3.05) is 0 Å². The molecule has 29 heavy (non-hydrogen) atoms. The van der Waals surface area contributed by atoms with E-state index in [-0.39, 0.29) is 11.6 Å². The number of nitrogens with two attached hydrogens (primary N) is 1. The molecule has 148 valence electrons. The van der Waals surface area contributed by atoms with Gasteiger partial charge in [0.1, 0.15) is 12.6 Å². The number of H-pyrrole nitrogens is 1. The maximum absolute atomic E-state index is 12.4. The lowest BCUT2D eigenvalue weighted by molar-refractivity contribution is -0.702. The van der Waals surface area contributed by atoms with Crippen molar-refractivity contribution in [1.82, 2.24) is 9.97 Å². The van der Waals surface area contributed by atoms with Crippen LogP contribution < -0.4 is 10.9 Å². The number of nitrogens with one attached hydrogen (secondary N) is 1. The summed E-state index contributed by atoms with van der Waals surface area (Å²) in [5.74, 6) is 1.35. The third-order valence-corrected chi connectivity index (χ3v) is 6.00. The van der Waals surface area contributed by atoms with Crippen molar-refractivity contribution in [3.05, 3.63) is 98.2 Å². The Balaban J connectivity index is 1.58. The van der Waals surface area contributed by atoms with E-state index in [0.29, 0.717) is 23.7 Å². The van der Waals surface area contributed by atoms with Gasteiger partial charge >= 0.3 is 0 Å². The molecule has 4 rings (SSSR count). The fourth-order valence-electron chi connectivity index (χ4n) is 3.68. The van der Waals surface area contributed by atoms with Gasteiger partial charge in [0.2, 0.25) is 0 Å². The van der Waals surface area contributed by atoms with E-state index in [1.165, 1.54) is 16.0 Å². The average molecular weight is 405 g/mol. The fourth-order valence-corrected chi connectivity index (χ4v) is 4.53. The first-order chi connectivity index (χ1) is 14.1. The molecule has 0 fully saturated rings. The summed E-state index contributed by atoms with van der Waals surface area (Å²) in [7, 11) is 0. The van der Waals surface area contributed by atoms with Gasteiger partial charge in [-0.1, -0.05) is 56.3 Å². The third-order valence-electron chi connectivity index (χ3n) is 5.04. The molecule has 1 atom stereocenters. The highest BCUT2D eigenvalue weighted by Crippen LogP contribution is 2.23. The van der Waals surface area contributed by atoms with Gasteiger partial charge in [0.25, 0.3) is 5.56 Å². The Morgan fingerprint density at radius 3 is 2.55 bits per heavy atom. The first kappa shape index (κ1) is 19.6. The summed E-state index contributed by atoms with van der Waals surface area (Å²) < 4.78 is 0. The highest BCUT2D eigenvalue weighted by Gasteiger charge is 2.19. The summed E-state index contributed by atoms with van der Waals surface area (Å²) in [6, 6.07) is 20.8. The Labute approximate surface area is 174 Å². The molecule has 0 aliphatic carbocycles. The van der Waals surface area contributed by atoms with Gasteiger partial charge in [0.15, 0.2) is 5.82 Å². The Bertz CT molecular complexity index is 1130. The smallest absolute Gasteiger partial charge is 0.258 e. The first-order valence-electron chi connectivity index (χ1n) is 10.0. The van der Waals surface area contributed by atoms with Crippen molar-refractivity contribution in [2.45, 2.75) is 32.9 Å². The molecule has 0 aliphatic rings. The van der Waals surface area contributed by atoms with Crippen molar-refractivity contribution in [3.63, 3.8) is 0 Å². The maximum atomic E-state index is 12.4. The number of thiophene rings is 1. The monoisotopic (exact) mass is 404 g/mol. The second-order valence-corrected chi connectivity index (χ2v) is 8.78. The van der Waals surface area contributed by atoms with Crippen molar-refractivity contribution in [3.8, 4) is 0 Å². The minimum Gasteiger partial charge on any atom is -0.329 e. The highest BCUT2D eigenvalue weighted by atomic mass is 32.1. The van der Waals surface area contributed by atoms with Gasteiger partial charge in [-0.05, 0) is 41.5 Å². The van der Waals surface area contributed by atoms with E-state index in [2.05, 4.69) is 70.9 Å². The SMILES string of the molecule is CC(C)Cc1ccc([C@@H]([NH2+]Cc2nc3ccccc3c(=O)[nH]2)c2cccs2)cc1. The second-order valence-electron chi connectivity index (χ2n) is 7.80. The Morgan fingerprint density at radius 1 is 1.03 bits per heavy atom. The summed E-state index contributed by atoms with van der Waals surface area (Å²) in [5.41, 5.74) is 3.30. The van der Waals surface area contributed by atoms with E-state index in [1.54, 1.807) is 11.3 Å². The average Bonchev–Trinajstić information content (AvgIpc) is 3.23. The highest BCUT2D eigenvalue weighted by molar-refractivity contribution is 7.10. The van der Waals surface area contributed by atoms with E-state index in [0.717, 1.165) is 11.9 Å². The van der Waals surface area contributed by atoms with E-state index in [1.807, 2.05) is 24.3 Å². The first-order valence-corrected chi connectivity index (χ1v) is 10.9. The van der Waals surface area contributed by atoms with Crippen LogP contribution in [0.5, 0.6) is 0 Å². The van der Waals surface area contributed by atoms with Gasteiger partial charge in [-0.15, -0.1) is 11.3 Å². The third kappa shape index (κ3) is 4.63. The number of quaternary nitrogens is 1. The Morgan fingerprint density at radius 2 is 1.83 bits per heavy atom. The minimum atomic E-state index is -0.0790. The Hall–Kier alpha value is -2.76. The molecule has 0 saturated carbocycles. The number of para-hydroxylation sites is 1. The number of aromatic nitrogens is 2. The molecular weight excluding hydrogens is 378 g/mol. The molecule has 2 aromatic carbocycles. The van der Waals surface area contributed by atoms with Crippen LogP contribution in [0, 0.1) is 5.92 Å². The standard InChI is InChI=1S/C24H25N3OS/c1-16(2)14-17-9-11-18(12-10-17)23(21-8-5-13-29-21)25-15-22-26-20-7-4-3-6-19(20)24(28)27-22/h3-13,16,23,25H,14-15H2,1-2H3,(H,26,27,28)/p+1/t23-/m1/s1. The van der Waals surface area contributed by atoms with Crippen molar-refractivity contribution >= 4 is 22.2 Å². The minimum absolute atomic E-state index is 0.0790. The fraction of sp³-hybridized carbons (Fsp3) is 0.250. The van der Waals surface area contributed by atoms with Gasteiger partial charge in [0, 0.05) is 5.56 Å². The molecular formula is C24H26N3OS+. The summed E-state index contributed by atoms with van der Waals surface area (Å²) in [4.78, 5) is 21.2. The normalized spacial score (nSPS) is 12.5. The van der Waals surface area contributed by atoms with Gasteiger partial charge in [-0.25, -0.2) is 4.98 Å². The molecule has 3 N–H and O–H groups in total. The van der Waals surface area contributed by atoms with Crippen LogP contribution in [0.3, 0.4) is 0 Å². The van der Waals surface area contributed by atoms with E-state index in [9.17, 15) is 4.79 Å². The number of aromatic amines is 1. The molecule has 4 aromatic rings. The molecule has 2 aromatic heterocycles. The predicted molar refractivity (Wildman–Crippen MR) is 119 cm³/mol. The van der Waals surface area contributed by atoms with Crippen LogP contribution in [-0.4, -0.2) is 9.97 Å². The van der Waals surface area contributed by atoms with Gasteiger partial charge in [-0.3, -0.25) is 4.79 Å². The summed E-state index contributed by atoms with van der Waals surface area (Å²) in [6.45, 7) is 5.09. The molecule has 0 aliphatic heterocycles. The largest absolute Gasteiger partial charge is 0.329 e. The molecule has 0 radical (unpaired) electrons. The van der Waals surface area contributed by atoms with Crippen LogP contribution in [-0.2, 0) is 13.0 Å². The van der Waals surface area contributed by atoms with Crippen molar-refractivity contribution in [1.29, 1.82) is 0 Å². The lowest BCUT2D eigenvalue weighted by Gasteiger charge is -2.15. The quantitative estimate of drug-likeness (QED) is 0.488. The summed E-state index contributed by atoms with van der Waals surface area (Å²) >= 11 is 1.76. The van der Waals surface area contributed by atoms with E-state index >= 15 is 0 Å². The molecule has 0 unspecified atom stereocenters. The maximum Gasteiger partial charge on any atom is 0.258 e. The van der Waals surface area contributed by atoms with Crippen LogP contribution in [0.15, 0.2) is 70.8 Å². The van der Waals surface area contributed by atoms with Crippen LogP contribution in [0.4, 0.5) is 0 Å². The molecule has 0 saturated heterocycles. The zero-order chi connectivity index (χ0) is 20.2. The Kier molecular flexibility index (Phi) is 5.88. The van der Waals surface area contributed by atoms with E-state index < -0.39 is 0 Å². The zero-order valence-electron chi connectivity index (χ0n) is 16.8. The number of nitrogens with zero attached hydrogens (tertiary/aromatic N) is 1. The van der Waals surface area contributed by atoms with Gasteiger partial charge in [0.05, 0.1) is 15.8 Å². The van der Waals surface area contributed by atoms with Crippen molar-refractivity contribution < 1.29 is 5.32 Å². The molecule has 0 amide bonds. The number of hydrogen-bond acceptors (Lipinski definition) is 3. The van der Waals surface area contributed by atoms with Crippen LogP contribution in [0.25, 0.3) is 10.9 Å². The zero-order valence-corrected chi connectivity index (χ0v) is 17.6. The molecule has 5 heteroatoms. The lowest BCUT2D eigenvalue weighted by atomic mass is 9.99. The molecule has 0 bridgehead atoms. The van der Waals surface area contributed by atoms with E-state index in [4.69, 9.17) is 0 Å². The summed E-state index contributed by atoms with van der Waals surface area (Å²) in [6.07, 6.45) is 1.09. The topological polar surface area (TPSA) is 62.4 Å². The second kappa shape index (κ2) is 8.72. The number of hydrogen-bond donors (Lipinski definition) is 2. The van der Waals surface area contributed by atoms with Crippen LogP contribution in [0.1, 0.15) is 41.7 Å². The number of rotatable bonds is 7. The van der Waals surface area contributed by atoms with Crippen LogP contribution in [0.2, 0.25) is 0 Å². The van der Waals surface area contributed by atoms with Crippen LogP contribution >= 0.6 is 11.3 Å². The van der Waals surface area contributed by atoms with Crippen molar-refractivity contribution in [2.24, 2.45) is 5.92 Å². The number of benzene rings is 2. The van der Waals surface area contributed by atoms with Gasteiger partial charge in [-0.2, -0.15) is 0 Å². The summed E-state index contributed by atoms with van der Waals surface area (Å²) in [5, 5.41) is 4.99. The number of fused-ring (bicyclic) bond motifs is 1. The predicted octanol–water partition coefficient (Wildman–Crippen LogP) is 4.04. The lowest BCUT2D eigenvalue weighted by Crippen LogP contribution is -2.84. The molecule has 4 nitrogen and oxygen atoms in total. The van der Waals surface area contributed by atoms with Gasteiger partial charge < -0.3 is 10.3 Å². The molecule has 2 heterocycles. The molecule has 0 spiro atoms.